The summed E-state index contributed by atoms with van der Waals surface area (Å²) in [6, 6.07) is 13.1. The van der Waals surface area contributed by atoms with Gasteiger partial charge in [0, 0.05) is 19.0 Å². The number of benzene rings is 2. The highest BCUT2D eigenvalue weighted by molar-refractivity contribution is 7.89. The second kappa shape index (κ2) is 8.45. The lowest BCUT2D eigenvalue weighted by Gasteiger charge is -2.30. The fraction of sp³-hybridized carbons (Fsp3) is 0.364. The summed E-state index contributed by atoms with van der Waals surface area (Å²) in [5.41, 5.74) is 2.97. The first-order chi connectivity index (χ1) is 14.3. The first-order valence-corrected chi connectivity index (χ1v) is 12.3. The molecule has 0 aliphatic carbocycles. The summed E-state index contributed by atoms with van der Waals surface area (Å²) in [4.78, 5) is 17.5. The first kappa shape index (κ1) is 21.0. The van der Waals surface area contributed by atoms with E-state index >= 15 is 0 Å². The Morgan fingerprint density at radius 3 is 2.57 bits per heavy atom. The minimum atomic E-state index is -3.53. The molecule has 0 unspecified atom stereocenters. The lowest BCUT2D eigenvalue weighted by atomic mass is 9.97. The molecule has 1 amide bonds. The molecule has 1 aromatic heterocycles. The molecule has 1 aliphatic heterocycles. The summed E-state index contributed by atoms with van der Waals surface area (Å²) in [6.07, 6.45) is 1.05. The lowest BCUT2D eigenvalue weighted by Crippen LogP contribution is -2.42. The van der Waals surface area contributed by atoms with Gasteiger partial charge in [-0.15, -0.1) is 11.3 Å². The van der Waals surface area contributed by atoms with Gasteiger partial charge in [0.25, 0.3) is 0 Å². The summed E-state index contributed by atoms with van der Waals surface area (Å²) >= 11 is 1.58. The second-order valence-corrected chi connectivity index (χ2v) is 10.8. The Morgan fingerprint density at radius 2 is 1.87 bits per heavy atom. The van der Waals surface area contributed by atoms with Crippen molar-refractivity contribution in [3.63, 3.8) is 0 Å². The molecule has 1 aliphatic rings. The number of sulfonamides is 1. The van der Waals surface area contributed by atoms with Crippen molar-refractivity contribution in [1.29, 1.82) is 0 Å². The topological polar surface area (TPSA) is 79.4 Å². The quantitative estimate of drug-likeness (QED) is 0.653. The van der Waals surface area contributed by atoms with E-state index in [1.54, 1.807) is 23.5 Å². The predicted octanol–water partition coefficient (Wildman–Crippen LogP) is 3.63. The van der Waals surface area contributed by atoms with Gasteiger partial charge in [0.15, 0.2) is 0 Å². The van der Waals surface area contributed by atoms with E-state index in [1.165, 1.54) is 4.31 Å². The van der Waals surface area contributed by atoms with Gasteiger partial charge < -0.3 is 5.32 Å². The monoisotopic (exact) mass is 443 g/mol. The molecule has 0 radical (unpaired) electrons. The van der Waals surface area contributed by atoms with Crippen LogP contribution in [0.3, 0.4) is 0 Å². The van der Waals surface area contributed by atoms with Gasteiger partial charge in [0.05, 0.1) is 21.7 Å². The molecule has 1 N–H and O–H groups in total. The van der Waals surface area contributed by atoms with Crippen molar-refractivity contribution in [3.05, 3.63) is 58.6 Å². The maximum absolute atomic E-state index is 12.9. The van der Waals surface area contributed by atoms with Gasteiger partial charge >= 0.3 is 0 Å². The number of para-hydroxylation sites is 1. The van der Waals surface area contributed by atoms with E-state index in [0.717, 1.165) is 26.4 Å². The summed E-state index contributed by atoms with van der Waals surface area (Å²) in [6.45, 7) is 4.99. The molecule has 2 aromatic carbocycles. The molecule has 6 nitrogen and oxygen atoms in total. The van der Waals surface area contributed by atoms with Gasteiger partial charge in [-0.25, -0.2) is 13.4 Å². The number of carbonyl (C=O) groups excluding carboxylic acids is 1. The van der Waals surface area contributed by atoms with Crippen molar-refractivity contribution in [1.82, 2.24) is 14.6 Å². The Balaban J connectivity index is 1.34. The van der Waals surface area contributed by atoms with Crippen molar-refractivity contribution in [2.24, 2.45) is 5.92 Å². The SMILES string of the molecule is Cc1ccc(S(=O)(=O)N2CCC(C(=O)NCc3nc4ccccc4s3)CC2)cc1C. The van der Waals surface area contributed by atoms with E-state index < -0.39 is 10.0 Å². The third-order valence-corrected chi connectivity index (χ3v) is 8.62. The number of thiazole rings is 1. The molecule has 0 spiro atoms. The Morgan fingerprint density at radius 1 is 1.13 bits per heavy atom. The number of piperidine rings is 1. The van der Waals surface area contributed by atoms with Gasteiger partial charge in [-0.1, -0.05) is 18.2 Å². The Hall–Kier alpha value is -2.29. The van der Waals surface area contributed by atoms with E-state index in [0.29, 0.717) is 37.4 Å². The number of hydrogen-bond donors (Lipinski definition) is 1. The third kappa shape index (κ3) is 4.26. The zero-order chi connectivity index (χ0) is 21.3. The number of fused-ring (bicyclic) bond motifs is 1. The van der Waals surface area contributed by atoms with Crippen molar-refractivity contribution in [2.45, 2.75) is 38.1 Å². The van der Waals surface area contributed by atoms with Crippen LogP contribution in [0.25, 0.3) is 10.2 Å². The van der Waals surface area contributed by atoms with E-state index in [4.69, 9.17) is 0 Å². The lowest BCUT2D eigenvalue weighted by molar-refractivity contribution is -0.126. The number of aromatic nitrogens is 1. The highest BCUT2D eigenvalue weighted by Crippen LogP contribution is 2.26. The highest BCUT2D eigenvalue weighted by atomic mass is 32.2. The molecule has 30 heavy (non-hydrogen) atoms. The van der Waals surface area contributed by atoms with Crippen LogP contribution in [0.15, 0.2) is 47.4 Å². The third-order valence-electron chi connectivity index (χ3n) is 5.69. The largest absolute Gasteiger partial charge is 0.349 e. The Kier molecular flexibility index (Phi) is 5.90. The number of hydrogen-bond acceptors (Lipinski definition) is 5. The van der Waals surface area contributed by atoms with Crippen molar-refractivity contribution in [3.8, 4) is 0 Å². The molecule has 0 atom stereocenters. The number of carbonyl (C=O) groups is 1. The maximum atomic E-state index is 12.9. The molecule has 4 rings (SSSR count). The van der Waals surface area contributed by atoms with Gasteiger partial charge in [-0.05, 0) is 62.1 Å². The number of nitrogens with zero attached hydrogens (tertiary/aromatic N) is 2. The van der Waals surface area contributed by atoms with E-state index in [1.807, 2.05) is 44.2 Å². The zero-order valence-electron chi connectivity index (χ0n) is 17.1. The van der Waals surface area contributed by atoms with Gasteiger partial charge in [-0.3, -0.25) is 4.79 Å². The number of aryl methyl sites for hydroxylation is 2. The summed E-state index contributed by atoms with van der Waals surface area (Å²) in [5.74, 6) is -0.205. The van der Waals surface area contributed by atoms with E-state index in [9.17, 15) is 13.2 Å². The summed E-state index contributed by atoms with van der Waals surface area (Å²) < 4.78 is 28.5. The average molecular weight is 444 g/mol. The molecular weight excluding hydrogens is 418 g/mol. The molecule has 0 bridgehead atoms. The van der Waals surface area contributed by atoms with Crippen LogP contribution in [-0.4, -0.2) is 36.7 Å². The molecule has 1 saturated heterocycles. The molecule has 2 heterocycles. The van der Waals surface area contributed by atoms with E-state index in [-0.39, 0.29) is 11.8 Å². The van der Waals surface area contributed by atoms with E-state index in [2.05, 4.69) is 10.3 Å². The van der Waals surface area contributed by atoms with Crippen LogP contribution in [0.2, 0.25) is 0 Å². The fourth-order valence-electron chi connectivity index (χ4n) is 3.68. The number of nitrogens with one attached hydrogen (secondary N) is 1. The maximum Gasteiger partial charge on any atom is 0.243 e. The fourth-order valence-corrected chi connectivity index (χ4v) is 6.15. The average Bonchev–Trinajstić information content (AvgIpc) is 3.17. The van der Waals surface area contributed by atoms with Crippen molar-refractivity contribution >= 4 is 37.5 Å². The van der Waals surface area contributed by atoms with Crippen molar-refractivity contribution in [2.75, 3.05) is 13.1 Å². The van der Waals surface area contributed by atoms with Gasteiger partial charge in [-0.2, -0.15) is 4.31 Å². The van der Waals surface area contributed by atoms with Crippen molar-refractivity contribution < 1.29 is 13.2 Å². The number of rotatable bonds is 5. The number of amides is 1. The first-order valence-electron chi connectivity index (χ1n) is 10.0. The van der Waals surface area contributed by atoms with Crippen LogP contribution in [0, 0.1) is 19.8 Å². The van der Waals surface area contributed by atoms with Crippen LogP contribution in [0.5, 0.6) is 0 Å². The minimum absolute atomic E-state index is 0.0301. The minimum Gasteiger partial charge on any atom is -0.349 e. The summed E-state index contributed by atoms with van der Waals surface area (Å²) in [5, 5.41) is 3.84. The predicted molar refractivity (Wildman–Crippen MR) is 119 cm³/mol. The smallest absolute Gasteiger partial charge is 0.243 e. The molecule has 3 aromatic rings. The normalized spacial score (nSPS) is 16.1. The van der Waals surface area contributed by atoms with Crippen LogP contribution in [-0.2, 0) is 21.4 Å². The molecule has 8 heteroatoms. The second-order valence-electron chi connectivity index (χ2n) is 7.72. The van der Waals surface area contributed by atoms with Gasteiger partial charge in [0.2, 0.25) is 15.9 Å². The standard InChI is InChI=1S/C22H25N3O3S2/c1-15-7-8-18(13-16(15)2)30(27,28)25-11-9-17(10-12-25)22(26)23-14-21-24-19-5-3-4-6-20(19)29-21/h3-8,13,17H,9-12,14H2,1-2H3,(H,23,26). The van der Waals surface area contributed by atoms with Gasteiger partial charge in [0.1, 0.15) is 5.01 Å². The molecular formula is C22H25N3O3S2. The van der Waals surface area contributed by atoms with Crippen LogP contribution < -0.4 is 5.32 Å². The Bertz CT molecular complexity index is 1150. The van der Waals surface area contributed by atoms with Crippen LogP contribution in [0.4, 0.5) is 0 Å². The van der Waals surface area contributed by atoms with Crippen LogP contribution >= 0.6 is 11.3 Å². The summed E-state index contributed by atoms with van der Waals surface area (Å²) in [7, 11) is -3.53. The van der Waals surface area contributed by atoms with Crippen LogP contribution in [0.1, 0.15) is 29.0 Å². The molecule has 0 saturated carbocycles. The molecule has 158 valence electrons. The highest BCUT2D eigenvalue weighted by Gasteiger charge is 2.32. The molecule has 1 fully saturated rings. The zero-order valence-corrected chi connectivity index (χ0v) is 18.7. The Labute approximate surface area is 181 Å².